The fourth-order valence-electron chi connectivity index (χ4n) is 2.34. The van der Waals surface area contributed by atoms with E-state index in [0.717, 1.165) is 5.92 Å². The molecular weight excluding hydrogens is 204 g/mol. The molecule has 1 aliphatic carbocycles. The highest BCUT2D eigenvalue weighted by molar-refractivity contribution is 5.59. The molecule has 1 atom stereocenters. The lowest BCUT2D eigenvalue weighted by atomic mass is 9.81. The first-order chi connectivity index (χ1) is 8.29. The highest BCUT2D eigenvalue weighted by atomic mass is 14.2. The van der Waals surface area contributed by atoms with Crippen molar-refractivity contribution >= 4 is 6.08 Å². The zero-order valence-corrected chi connectivity index (χ0v) is 10.9. The molecule has 0 N–H and O–H groups in total. The Bertz CT molecular complexity index is 409. The van der Waals surface area contributed by atoms with E-state index in [1.807, 2.05) is 0 Å². The molecule has 0 saturated carbocycles. The summed E-state index contributed by atoms with van der Waals surface area (Å²) < 4.78 is 0. The predicted octanol–water partition coefficient (Wildman–Crippen LogP) is 5.23. The highest BCUT2D eigenvalue weighted by Crippen LogP contribution is 2.34. The van der Waals surface area contributed by atoms with E-state index in [9.17, 15) is 0 Å². The smallest absolute Gasteiger partial charge is 0.0216 e. The molecule has 1 aromatic rings. The minimum atomic E-state index is 0.783. The van der Waals surface area contributed by atoms with Crippen LogP contribution in [0.15, 0.2) is 47.6 Å². The molecule has 0 heterocycles. The van der Waals surface area contributed by atoms with Gasteiger partial charge in [0.05, 0.1) is 0 Å². The molecule has 2 rings (SSSR count). The van der Waals surface area contributed by atoms with Crippen LogP contribution in [-0.2, 0) is 0 Å². The molecule has 0 fully saturated rings. The molecule has 0 heteroatoms. The minimum absolute atomic E-state index is 0.783. The summed E-state index contributed by atoms with van der Waals surface area (Å²) in [4.78, 5) is 0. The second kappa shape index (κ2) is 5.86. The first kappa shape index (κ1) is 12.2. The molecule has 0 bridgehead atoms. The Hall–Kier alpha value is -1.30. The lowest BCUT2D eigenvalue weighted by Crippen LogP contribution is -2.08. The molecule has 0 saturated heterocycles. The van der Waals surface area contributed by atoms with Crippen molar-refractivity contribution in [3.63, 3.8) is 0 Å². The van der Waals surface area contributed by atoms with Gasteiger partial charge in [-0.1, -0.05) is 62.8 Å². The topological polar surface area (TPSA) is 0 Å². The second-order valence-electron chi connectivity index (χ2n) is 5.06. The average Bonchev–Trinajstić information content (AvgIpc) is 2.32. The zero-order chi connectivity index (χ0) is 12.1. The van der Waals surface area contributed by atoms with Crippen LogP contribution in [0.2, 0.25) is 0 Å². The van der Waals surface area contributed by atoms with Crippen molar-refractivity contribution < 1.29 is 0 Å². The van der Waals surface area contributed by atoms with Gasteiger partial charge in [0.15, 0.2) is 0 Å². The van der Waals surface area contributed by atoms with Crippen molar-refractivity contribution in [1.82, 2.24) is 0 Å². The minimum Gasteiger partial charge on any atom is -0.0778 e. The Kier molecular flexibility index (Phi) is 4.19. The summed E-state index contributed by atoms with van der Waals surface area (Å²) in [5.41, 5.74) is 4.46. The van der Waals surface area contributed by atoms with Crippen LogP contribution in [0, 0.1) is 5.92 Å². The normalized spacial score (nSPS) is 19.8. The third-order valence-electron chi connectivity index (χ3n) is 3.38. The molecule has 0 spiro atoms. The third kappa shape index (κ3) is 3.33. The van der Waals surface area contributed by atoms with E-state index in [2.05, 4.69) is 56.3 Å². The first-order valence-electron chi connectivity index (χ1n) is 6.76. The van der Waals surface area contributed by atoms with E-state index < -0.39 is 0 Å². The summed E-state index contributed by atoms with van der Waals surface area (Å²) in [5, 5.41) is 0. The maximum Gasteiger partial charge on any atom is -0.0216 e. The molecule has 0 amide bonds. The molecule has 0 aromatic heterocycles. The summed E-state index contributed by atoms with van der Waals surface area (Å²) in [5.74, 6) is 0.783. The lowest BCUT2D eigenvalue weighted by Gasteiger charge is -2.24. The highest BCUT2D eigenvalue weighted by Gasteiger charge is 2.17. The van der Waals surface area contributed by atoms with Gasteiger partial charge < -0.3 is 0 Å². The van der Waals surface area contributed by atoms with Gasteiger partial charge in [-0.05, 0) is 41.9 Å². The van der Waals surface area contributed by atoms with Crippen molar-refractivity contribution in [2.75, 3.05) is 0 Å². The molecule has 90 valence electrons. The van der Waals surface area contributed by atoms with Crippen LogP contribution in [0.4, 0.5) is 0 Å². The van der Waals surface area contributed by atoms with Crippen LogP contribution < -0.4 is 0 Å². The van der Waals surface area contributed by atoms with Crippen LogP contribution in [0.1, 0.15) is 45.1 Å². The van der Waals surface area contributed by atoms with Crippen molar-refractivity contribution in [1.29, 1.82) is 0 Å². The van der Waals surface area contributed by atoms with E-state index in [0.29, 0.717) is 0 Å². The van der Waals surface area contributed by atoms with Gasteiger partial charge in [0.25, 0.3) is 0 Å². The Morgan fingerprint density at radius 2 is 2.00 bits per heavy atom. The van der Waals surface area contributed by atoms with Gasteiger partial charge in [0.2, 0.25) is 0 Å². The SMILES string of the molecule is CCCC/C(=C/c1ccccc1)C1=CC(C)C1. The van der Waals surface area contributed by atoms with E-state index >= 15 is 0 Å². The summed E-state index contributed by atoms with van der Waals surface area (Å²) in [7, 11) is 0. The van der Waals surface area contributed by atoms with Gasteiger partial charge in [-0.15, -0.1) is 0 Å². The van der Waals surface area contributed by atoms with Gasteiger partial charge in [0.1, 0.15) is 0 Å². The Balaban J connectivity index is 2.15. The number of unbranched alkanes of at least 4 members (excludes halogenated alkanes) is 1. The number of hydrogen-bond acceptors (Lipinski definition) is 0. The van der Waals surface area contributed by atoms with E-state index in [-0.39, 0.29) is 0 Å². The molecule has 1 aromatic carbocycles. The number of rotatable bonds is 5. The lowest BCUT2D eigenvalue weighted by molar-refractivity contribution is 0.634. The summed E-state index contributed by atoms with van der Waals surface area (Å²) in [6.07, 6.45) is 9.85. The largest absolute Gasteiger partial charge is 0.0778 e. The van der Waals surface area contributed by atoms with Crippen LogP contribution in [0.25, 0.3) is 6.08 Å². The van der Waals surface area contributed by atoms with Crippen LogP contribution >= 0.6 is 0 Å². The monoisotopic (exact) mass is 226 g/mol. The van der Waals surface area contributed by atoms with Crippen LogP contribution in [-0.4, -0.2) is 0 Å². The molecule has 1 unspecified atom stereocenters. The predicted molar refractivity (Wildman–Crippen MR) is 75.8 cm³/mol. The van der Waals surface area contributed by atoms with E-state index in [1.165, 1.54) is 31.2 Å². The molecule has 0 radical (unpaired) electrons. The first-order valence-corrected chi connectivity index (χ1v) is 6.76. The third-order valence-corrected chi connectivity index (χ3v) is 3.38. The average molecular weight is 226 g/mol. The van der Waals surface area contributed by atoms with Crippen molar-refractivity contribution in [2.45, 2.75) is 39.5 Å². The van der Waals surface area contributed by atoms with Crippen LogP contribution in [0.5, 0.6) is 0 Å². The number of hydrogen-bond donors (Lipinski definition) is 0. The van der Waals surface area contributed by atoms with E-state index in [4.69, 9.17) is 0 Å². The summed E-state index contributed by atoms with van der Waals surface area (Å²) >= 11 is 0. The maximum absolute atomic E-state index is 2.42. The maximum atomic E-state index is 2.42. The Labute approximate surface area is 105 Å². The second-order valence-corrected chi connectivity index (χ2v) is 5.06. The Morgan fingerprint density at radius 3 is 2.59 bits per heavy atom. The fourth-order valence-corrected chi connectivity index (χ4v) is 2.34. The quantitative estimate of drug-likeness (QED) is 0.645. The van der Waals surface area contributed by atoms with Crippen molar-refractivity contribution in [3.8, 4) is 0 Å². The van der Waals surface area contributed by atoms with Gasteiger partial charge in [-0.25, -0.2) is 0 Å². The van der Waals surface area contributed by atoms with Gasteiger partial charge in [-0.2, -0.15) is 0 Å². The molecular formula is C17H22. The fraction of sp³-hybridized carbons (Fsp3) is 0.412. The summed E-state index contributed by atoms with van der Waals surface area (Å²) in [6.45, 7) is 4.56. The Morgan fingerprint density at radius 1 is 1.29 bits per heavy atom. The van der Waals surface area contributed by atoms with Gasteiger partial charge >= 0.3 is 0 Å². The number of benzene rings is 1. The van der Waals surface area contributed by atoms with Crippen molar-refractivity contribution in [2.24, 2.45) is 5.92 Å². The van der Waals surface area contributed by atoms with E-state index in [1.54, 1.807) is 11.1 Å². The molecule has 0 aliphatic heterocycles. The zero-order valence-electron chi connectivity index (χ0n) is 10.9. The van der Waals surface area contributed by atoms with Gasteiger partial charge in [0, 0.05) is 0 Å². The molecule has 17 heavy (non-hydrogen) atoms. The summed E-state index contributed by atoms with van der Waals surface area (Å²) in [6, 6.07) is 10.7. The number of allylic oxidation sites excluding steroid dienone is 3. The molecule has 0 nitrogen and oxygen atoms in total. The standard InChI is InChI=1S/C17H22/c1-3-4-10-16(17-11-14(2)12-17)13-15-8-6-5-7-9-15/h5-9,11,13-14H,3-4,10,12H2,1-2H3/b16-13-. The van der Waals surface area contributed by atoms with Crippen LogP contribution in [0.3, 0.4) is 0 Å². The van der Waals surface area contributed by atoms with Crippen molar-refractivity contribution in [3.05, 3.63) is 53.1 Å². The molecule has 1 aliphatic rings. The van der Waals surface area contributed by atoms with Gasteiger partial charge in [-0.3, -0.25) is 0 Å².